The van der Waals surface area contributed by atoms with Crippen molar-refractivity contribution in [2.45, 2.75) is 106 Å². The zero-order valence-corrected chi connectivity index (χ0v) is 24.4. The standard InChI is InChI=1S/C30H56N2O4/c1-29(2,3)16-23-35-27(33)14-21-31-17-10-25(11-18-31)8-7-9-26-12-19-32(20-13-26)22-15-28(34)36-24-30(4,5)6/h25-26H,7-24H2,1-6H3. The molecule has 36 heavy (non-hydrogen) atoms. The Labute approximate surface area is 221 Å². The molecule has 0 atom stereocenters. The minimum absolute atomic E-state index is 0.0342. The number of nitrogens with zero attached hydrogens (tertiary/aromatic N) is 2. The lowest BCUT2D eigenvalue weighted by Gasteiger charge is -2.33. The van der Waals surface area contributed by atoms with E-state index in [9.17, 15) is 9.59 Å². The molecule has 0 bridgehead atoms. The Morgan fingerprint density at radius 2 is 1.14 bits per heavy atom. The van der Waals surface area contributed by atoms with E-state index < -0.39 is 0 Å². The van der Waals surface area contributed by atoms with Gasteiger partial charge in [0.15, 0.2) is 0 Å². The molecule has 210 valence electrons. The van der Waals surface area contributed by atoms with Crippen molar-refractivity contribution in [2.24, 2.45) is 22.7 Å². The van der Waals surface area contributed by atoms with Gasteiger partial charge in [0.05, 0.1) is 26.1 Å². The maximum absolute atomic E-state index is 12.0. The molecule has 0 N–H and O–H groups in total. The number of esters is 2. The molecular formula is C30H56N2O4. The van der Waals surface area contributed by atoms with Crippen molar-refractivity contribution in [1.82, 2.24) is 9.80 Å². The number of carbonyl (C=O) groups is 2. The second-order valence-corrected chi connectivity index (χ2v) is 13.8. The molecule has 2 saturated heterocycles. The van der Waals surface area contributed by atoms with Gasteiger partial charge in [-0.05, 0) is 80.9 Å². The number of carbonyl (C=O) groups excluding carboxylic acids is 2. The van der Waals surface area contributed by atoms with Crippen molar-refractivity contribution in [3.63, 3.8) is 0 Å². The Hall–Kier alpha value is -1.14. The minimum atomic E-state index is -0.0610. The van der Waals surface area contributed by atoms with Crippen LogP contribution in [0.3, 0.4) is 0 Å². The van der Waals surface area contributed by atoms with Gasteiger partial charge in [0, 0.05) is 13.1 Å². The van der Waals surface area contributed by atoms with Crippen LogP contribution in [0.15, 0.2) is 0 Å². The van der Waals surface area contributed by atoms with Crippen LogP contribution in [0, 0.1) is 22.7 Å². The van der Waals surface area contributed by atoms with Gasteiger partial charge in [-0.25, -0.2) is 0 Å². The summed E-state index contributed by atoms with van der Waals surface area (Å²) in [7, 11) is 0. The van der Waals surface area contributed by atoms with E-state index in [4.69, 9.17) is 9.47 Å². The van der Waals surface area contributed by atoms with Crippen molar-refractivity contribution in [1.29, 1.82) is 0 Å². The van der Waals surface area contributed by atoms with Crippen molar-refractivity contribution in [3.05, 3.63) is 0 Å². The molecule has 0 radical (unpaired) electrons. The maximum Gasteiger partial charge on any atom is 0.307 e. The number of hydrogen-bond donors (Lipinski definition) is 0. The Kier molecular flexibility index (Phi) is 13.2. The molecule has 2 rings (SSSR count). The third-order valence-corrected chi connectivity index (χ3v) is 7.68. The van der Waals surface area contributed by atoms with Crippen molar-refractivity contribution < 1.29 is 19.1 Å². The van der Waals surface area contributed by atoms with Gasteiger partial charge in [0.2, 0.25) is 0 Å². The summed E-state index contributed by atoms with van der Waals surface area (Å²) in [4.78, 5) is 28.8. The van der Waals surface area contributed by atoms with Crippen LogP contribution in [0.5, 0.6) is 0 Å². The van der Waals surface area contributed by atoms with E-state index in [1.807, 2.05) is 0 Å². The molecule has 0 aliphatic carbocycles. The van der Waals surface area contributed by atoms with Gasteiger partial charge >= 0.3 is 11.9 Å². The zero-order chi connectivity index (χ0) is 26.6. The first-order valence-corrected chi connectivity index (χ1v) is 14.7. The van der Waals surface area contributed by atoms with Crippen LogP contribution >= 0.6 is 0 Å². The van der Waals surface area contributed by atoms with Crippen LogP contribution in [0.25, 0.3) is 0 Å². The molecule has 2 fully saturated rings. The molecule has 2 aliphatic heterocycles. The summed E-state index contributed by atoms with van der Waals surface area (Å²) in [6.07, 6.45) is 11.1. The maximum atomic E-state index is 12.0. The highest BCUT2D eigenvalue weighted by Crippen LogP contribution is 2.27. The smallest absolute Gasteiger partial charge is 0.307 e. The Morgan fingerprint density at radius 1 is 0.694 bits per heavy atom. The van der Waals surface area contributed by atoms with E-state index in [0.29, 0.717) is 26.1 Å². The summed E-state index contributed by atoms with van der Waals surface area (Å²) < 4.78 is 10.8. The normalized spacial score (nSPS) is 19.4. The topological polar surface area (TPSA) is 59.1 Å². The van der Waals surface area contributed by atoms with Crippen LogP contribution < -0.4 is 0 Å². The van der Waals surface area contributed by atoms with Crippen molar-refractivity contribution in [3.8, 4) is 0 Å². The SMILES string of the molecule is CC(C)(C)CCOC(=O)CCN1CCC(CCCC2CCN(CCC(=O)OCC(C)(C)C)CC2)CC1. The summed E-state index contributed by atoms with van der Waals surface area (Å²) in [5.74, 6) is 1.58. The highest BCUT2D eigenvalue weighted by molar-refractivity contribution is 5.69. The fourth-order valence-electron chi connectivity index (χ4n) is 5.10. The molecule has 6 heteroatoms. The fraction of sp³-hybridized carbons (Fsp3) is 0.933. The fourth-order valence-corrected chi connectivity index (χ4v) is 5.10. The Balaban J connectivity index is 1.47. The lowest BCUT2D eigenvalue weighted by molar-refractivity contribution is -0.147. The van der Waals surface area contributed by atoms with E-state index >= 15 is 0 Å². The first-order chi connectivity index (χ1) is 16.9. The Morgan fingerprint density at radius 3 is 1.56 bits per heavy atom. The molecule has 0 spiro atoms. The van der Waals surface area contributed by atoms with E-state index in [0.717, 1.165) is 57.5 Å². The van der Waals surface area contributed by atoms with E-state index in [-0.39, 0.29) is 22.8 Å². The highest BCUT2D eigenvalue weighted by atomic mass is 16.5. The lowest BCUT2D eigenvalue weighted by atomic mass is 9.87. The quantitative estimate of drug-likeness (QED) is 0.287. The number of ether oxygens (including phenoxy) is 2. The van der Waals surface area contributed by atoms with Crippen molar-refractivity contribution >= 4 is 11.9 Å². The monoisotopic (exact) mass is 508 g/mol. The van der Waals surface area contributed by atoms with Gasteiger partial charge < -0.3 is 19.3 Å². The molecule has 2 aliphatic rings. The van der Waals surface area contributed by atoms with Crippen LogP contribution in [0.1, 0.15) is 106 Å². The first-order valence-electron chi connectivity index (χ1n) is 14.7. The van der Waals surface area contributed by atoms with Crippen LogP contribution in [-0.4, -0.2) is 74.2 Å². The summed E-state index contributed by atoms with van der Waals surface area (Å²) >= 11 is 0. The molecule has 2 heterocycles. The lowest BCUT2D eigenvalue weighted by Crippen LogP contribution is -2.36. The van der Waals surface area contributed by atoms with Gasteiger partial charge in [-0.1, -0.05) is 60.8 Å². The molecule has 6 nitrogen and oxygen atoms in total. The average molecular weight is 509 g/mol. The zero-order valence-electron chi connectivity index (χ0n) is 24.4. The number of likely N-dealkylation sites (tertiary alicyclic amines) is 2. The third kappa shape index (κ3) is 14.6. The second kappa shape index (κ2) is 15.3. The predicted octanol–water partition coefficient (Wildman–Crippen LogP) is 5.93. The van der Waals surface area contributed by atoms with Gasteiger partial charge in [-0.15, -0.1) is 0 Å². The molecule has 0 unspecified atom stereocenters. The number of hydrogen-bond acceptors (Lipinski definition) is 6. The van der Waals surface area contributed by atoms with E-state index in [1.54, 1.807) is 0 Å². The van der Waals surface area contributed by atoms with Gasteiger partial charge in [-0.3, -0.25) is 9.59 Å². The molecular weight excluding hydrogens is 452 g/mol. The second-order valence-electron chi connectivity index (χ2n) is 13.8. The summed E-state index contributed by atoms with van der Waals surface area (Å²) in [5.41, 5.74) is 0.245. The molecule has 0 aromatic carbocycles. The summed E-state index contributed by atoms with van der Waals surface area (Å²) in [6, 6.07) is 0. The van der Waals surface area contributed by atoms with Crippen LogP contribution in [0.2, 0.25) is 0 Å². The van der Waals surface area contributed by atoms with E-state index in [1.165, 1.54) is 44.9 Å². The highest BCUT2D eigenvalue weighted by Gasteiger charge is 2.23. The molecule has 0 saturated carbocycles. The molecule has 0 aromatic heterocycles. The first kappa shape index (κ1) is 31.1. The van der Waals surface area contributed by atoms with Crippen molar-refractivity contribution in [2.75, 3.05) is 52.5 Å². The van der Waals surface area contributed by atoms with Crippen LogP contribution in [0.4, 0.5) is 0 Å². The Bertz CT molecular complexity index is 636. The molecule has 0 aromatic rings. The van der Waals surface area contributed by atoms with E-state index in [2.05, 4.69) is 51.3 Å². The summed E-state index contributed by atoms with van der Waals surface area (Å²) in [5, 5.41) is 0. The number of rotatable bonds is 13. The molecule has 0 amide bonds. The van der Waals surface area contributed by atoms with Crippen LogP contribution in [-0.2, 0) is 19.1 Å². The number of piperidine rings is 2. The average Bonchev–Trinajstić information content (AvgIpc) is 2.80. The largest absolute Gasteiger partial charge is 0.466 e. The minimum Gasteiger partial charge on any atom is -0.466 e. The van der Waals surface area contributed by atoms with Gasteiger partial charge in [0.25, 0.3) is 0 Å². The predicted molar refractivity (Wildman–Crippen MR) is 147 cm³/mol. The van der Waals surface area contributed by atoms with Gasteiger partial charge in [0.1, 0.15) is 0 Å². The van der Waals surface area contributed by atoms with Gasteiger partial charge in [-0.2, -0.15) is 0 Å². The third-order valence-electron chi connectivity index (χ3n) is 7.68. The summed E-state index contributed by atoms with van der Waals surface area (Å²) in [6.45, 7) is 20.0.